The van der Waals surface area contributed by atoms with Crippen LogP contribution in [0.2, 0.25) is 5.02 Å². The molecule has 1 atom stereocenters. The largest absolute Gasteiger partial charge is 0.337 e. The van der Waals surface area contributed by atoms with Crippen molar-refractivity contribution >= 4 is 29.3 Å². The van der Waals surface area contributed by atoms with Crippen LogP contribution in [0.1, 0.15) is 19.8 Å². The molecule has 1 saturated carbocycles. The van der Waals surface area contributed by atoms with Crippen molar-refractivity contribution < 1.29 is 4.79 Å². The molecule has 7 nitrogen and oxygen atoms in total. The first-order valence-corrected chi connectivity index (χ1v) is 8.77. The fraction of sp³-hybridized carbons (Fsp3) is 0.400. The van der Waals surface area contributed by atoms with Crippen molar-refractivity contribution in [2.45, 2.75) is 30.5 Å². The van der Waals surface area contributed by atoms with Gasteiger partial charge in [-0.25, -0.2) is 0 Å². The van der Waals surface area contributed by atoms with E-state index in [1.165, 1.54) is 11.8 Å². The molecule has 3 rings (SSSR count). The second-order valence-electron chi connectivity index (χ2n) is 5.77. The smallest absolute Gasteiger partial charge is 0.231 e. The van der Waals surface area contributed by atoms with Gasteiger partial charge in [0, 0.05) is 5.02 Å². The molecule has 9 heteroatoms. The fourth-order valence-electron chi connectivity index (χ4n) is 2.35. The fourth-order valence-corrected chi connectivity index (χ4v) is 3.17. The first kappa shape index (κ1) is 16.7. The van der Waals surface area contributed by atoms with Gasteiger partial charge in [-0.15, -0.1) is 5.10 Å². The van der Waals surface area contributed by atoms with E-state index in [-0.39, 0.29) is 17.6 Å². The molecule has 1 heterocycles. The maximum Gasteiger partial charge on any atom is 0.231 e. The third-order valence-electron chi connectivity index (χ3n) is 3.87. The van der Waals surface area contributed by atoms with Crippen LogP contribution in [0.4, 0.5) is 0 Å². The van der Waals surface area contributed by atoms with Crippen LogP contribution >= 0.6 is 23.4 Å². The van der Waals surface area contributed by atoms with Gasteiger partial charge >= 0.3 is 0 Å². The zero-order valence-corrected chi connectivity index (χ0v) is 14.5. The summed E-state index contributed by atoms with van der Waals surface area (Å²) in [5.74, 6) is 0.176. The third-order valence-corrected chi connectivity index (χ3v) is 5.04. The summed E-state index contributed by atoms with van der Waals surface area (Å²) in [7, 11) is 0. The Hall–Kier alpha value is -2.11. The molecule has 24 heavy (non-hydrogen) atoms. The molecule has 1 aliphatic rings. The van der Waals surface area contributed by atoms with Crippen LogP contribution in [0.3, 0.4) is 0 Å². The highest BCUT2D eigenvalue weighted by molar-refractivity contribution is 7.99. The summed E-state index contributed by atoms with van der Waals surface area (Å²) >= 11 is 7.09. The van der Waals surface area contributed by atoms with Crippen molar-refractivity contribution in [2.24, 2.45) is 5.92 Å². The van der Waals surface area contributed by atoms with Gasteiger partial charge in [-0.05, 0) is 60.4 Å². The lowest BCUT2D eigenvalue weighted by atomic mass is 9.98. The lowest BCUT2D eigenvalue weighted by Gasteiger charge is -2.22. The van der Waals surface area contributed by atoms with Gasteiger partial charge in [0.1, 0.15) is 5.54 Å². The predicted molar refractivity (Wildman–Crippen MR) is 89.8 cm³/mol. The molecule has 1 unspecified atom stereocenters. The summed E-state index contributed by atoms with van der Waals surface area (Å²) in [6, 6.07) is 9.28. The van der Waals surface area contributed by atoms with Crippen LogP contribution in [0.15, 0.2) is 29.4 Å². The van der Waals surface area contributed by atoms with Gasteiger partial charge in [0.25, 0.3) is 0 Å². The van der Waals surface area contributed by atoms with E-state index in [2.05, 4.69) is 26.9 Å². The maximum absolute atomic E-state index is 12.2. The number of benzene rings is 1. The SMILES string of the molecule is CC(C#N)(NC(=O)CSc1nnnn1-c1ccc(Cl)cc1)C1CC1. The summed E-state index contributed by atoms with van der Waals surface area (Å²) in [5.41, 5.74) is -0.0353. The second-order valence-corrected chi connectivity index (χ2v) is 7.15. The number of carbonyl (C=O) groups excluding carboxylic acids is 1. The molecule has 1 fully saturated rings. The van der Waals surface area contributed by atoms with Gasteiger partial charge in [0.2, 0.25) is 11.1 Å². The summed E-state index contributed by atoms with van der Waals surface area (Å²) in [5, 5.41) is 24.8. The third kappa shape index (κ3) is 3.68. The number of nitrogens with one attached hydrogen (secondary N) is 1. The number of hydrogen-bond donors (Lipinski definition) is 1. The number of amides is 1. The molecule has 0 bridgehead atoms. The van der Waals surface area contributed by atoms with Crippen LogP contribution in [0.25, 0.3) is 5.69 Å². The van der Waals surface area contributed by atoms with E-state index in [0.29, 0.717) is 10.2 Å². The normalized spacial score (nSPS) is 16.2. The van der Waals surface area contributed by atoms with Crippen molar-refractivity contribution in [1.82, 2.24) is 25.5 Å². The van der Waals surface area contributed by atoms with Crippen LogP contribution in [0, 0.1) is 17.2 Å². The van der Waals surface area contributed by atoms with E-state index < -0.39 is 5.54 Å². The molecular formula is C15H15ClN6OS. The molecule has 1 aromatic heterocycles. The van der Waals surface area contributed by atoms with Gasteiger partial charge in [0.05, 0.1) is 17.5 Å². The van der Waals surface area contributed by atoms with E-state index in [1.807, 2.05) is 0 Å². The zero-order chi connectivity index (χ0) is 17.2. The zero-order valence-electron chi connectivity index (χ0n) is 12.9. The number of carbonyl (C=O) groups is 1. The first-order chi connectivity index (χ1) is 11.5. The molecular weight excluding hydrogens is 348 g/mol. The Labute approximate surface area is 148 Å². The van der Waals surface area contributed by atoms with Crippen molar-refractivity contribution in [3.63, 3.8) is 0 Å². The standard InChI is InChI=1S/C15H15ClN6OS/c1-15(9-17,10-2-3-10)18-13(23)8-24-14-19-20-21-22(14)12-6-4-11(16)5-7-12/h4-7,10H,2-3,8H2,1H3,(H,18,23). The Balaban J connectivity index is 1.63. The maximum atomic E-state index is 12.2. The molecule has 0 aliphatic heterocycles. The Kier molecular flexibility index (Phi) is 4.73. The van der Waals surface area contributed by atoms with Crippen LogP contribution in [0.5, 0.6) is 0 Å². The van der Waals surface area contributed by atoms with E-state index >= 15 is 0 Å². The molecule has 1 N–H and O–H groups in total. The van der Waals surface area contributed by atoms with Crippen molar-refractivity contribution in [2.75, 3.05) is 5.75 Å². The minimum absolute atomic E-state index is 0.137. The molecule has 124 valence electrons. The van der Waals surface area contributed by atoms with Crippen LogP contribution in [-0.2, 0) is 4.79 Å². The Bertz CT molecular complexity index is 782. The Morgan fingerprint density at radius 1 is 1.50 bits per heavy atom. The molecule has 0 spiro atoms. The van der Waals surface area contributed by atoms with Crippen molar-refractivity contribution in [3.8, 4) is 11.8 Å². The van der Waals surface area contributed by atoms with Gasteiger partial charge in [-0.3, -0.25) is 4.79 Å². The molecule has 0 saturated heterocycles. The topological polar surface area (TPSA) is 96.5 Å². The average Bonchev–Trinajstić information content (AvgIpc) is 3.33. The van der Waals surface area contributed by atoms with E-state index in [4.69, 9.17) is 11.6 Å². The van der Waals surface area contributed by atoms with E-state index in [1.54, 1.807) is 35.9 Å². The molecule has 1 aromatic carbocycles. The molecule has 1 amide bonds. The minimum atomic E-state index is -0.792. The second kappa shape index (κ2) is 6.79. The number of halogens is 1. The van der Waals surface area contributed by atoms with Crippen molar-refractivity contribution in [3.05, 3.63) is 29.3 Å². The number of nitriles is 1. The number of aromatic nitrogens is 4. The average molecular weight is 363 g/mol. The Morgan fingerprint density at radius 3 is 2.83 bits per heavy atom. The summed E-state index contributed by atoms with van der Waals surface area (Å²) in [6.45, 7) is 1.77. The summed E-state index contributed by atoms with van der Waals surface area (Å²) in [4.78, 5) is 12.2. The number of nitrogens with zero attached hydrogens (tertiary/aromatic N) is 5. The number of rotatable bonds is 6. The van der Waals surface area contributed by atoms with E-state index in [9.17, 15) is 10.1 Å². The highest BCUT2D eigenvalue weighted by Crippen LogP contribution is 2.39. The molecule has 2 aromatic rings. The van der Waals surface area contributed by atoms with Crippen LogP contribution in [-0.4, -0.2) is 37.4 Å². The van der Waals surface area contributed by atoms with E-state index in [0.717, 1.165) is 18.5 Å². The van der Waals surface area contributed by atoms with Gasteiger partial charge in [0.15, 0.2) is 0 Å². The number of hydrogen-bond acceptors (Lipinski definition) is 6. The lowest BCUT2D eigenvalue weighted by molar-refractivity contribution is -0.119. The highest BCUT2D eigenvalue weighted by atomic mass is 35.5. The summed E-state index contributed by atoms with van der Waals surface area (Å²) < 4.78 is 1.54. The van der Waals surface area contributed by atoms with Crippen LogP contribution < -0.4 is 5.32 Å². The molecule has 1 aliphatic carbocycles. The van der Waals surface area contributed by atoms with Gasteiger partial charge in [-0.1, -0.05) is 23.4 Å². The van der Waals surface area contributed by atoms with Crippen molar-refractivity contribution in [1.29, 1.82) is 5.26 Å². The summed E-state index contributed by atoms with van der Waals surface area (Å²) in [6.07, 6.45) is 1.96. The van der Waals surface area contributed by atoms with Gasteiger partial charge in [-0.2, -0.15) is 9.94 Å². The Morgan fingerprint density at radius 2 is 2.21 bits per heavy atom. The molecule has 0 radical (unpaired) electrons. The lowest BCUT2D eigenvalue weighted by Crippen LogP contribution is -2.47. The minimum Gasteiger partial charge on any atom is -0.337 e. The predicted octanol–water partition coefficient (Wildman–Crippen LogP) is 2.22. The van der Waals surface area contributed by atoms with Gasteiger partial charge < -0.3 is 5.32 Å². The quantitative estimate of drug-likeness (QED) is 0.791. The number of tetrazole rings is 1. The number of thioether (sulfide) groups is 1. The first-order valence-electron chi connectivity index (χ1n) is 7.41. The monoisotopic (exact) mass is 362 g/mol. The highest BCUT2D eigenvalue weighted by Gasteiger charge is 2.42.